The number of aromatic nitrogens is 2. The number of anilines is 1. The molecule has 0 spiro atoms. The lowest BCUT2D eigenvalue weighted by atomic mass is 10.5. The molecule has 76 valence electrons. The highest BCUT2D eigenvalue weighted by Crippen LogP contribution is 2.09. The van der Waals surface area contributed by atoms with Gasteiger partial charge in [-0.3, -0.25) is 4.79 Å². The zero-order valence-corrected chi connectivity index (χ0v) is 7.98. The molecule has 1 aromatic heterocycles. The lowest BCUT2D eigenvalue weighted by Gasteiger charge is -2.04. The second kappa shape index (κ2) is 5.00. The van der Waals surface area contributed by atoms with Crippen LogP contribution in [0.2, 0.25) is 0 Å². The van der Waals surface area contributed by atoms with Crippen LogP contribution >= 0.6 is 0 Å². The third-order valence-electron chi connectivity index (χ3n) is 1.49. The van der Waals surface area contributed by atoms with Crippen LogP contribution in [0.15, 0.2) is 12.4 Å². The summed E-state index contributed by atoms with van der Waals surface area (Å²) >= 11 is 0. The Labute approximate surface area is 81.3 Å². The first-order valence-corrected chi connectivity index (χ1v) is 3.93. The fourth-order valence-corrected chi connectivity index (χ4v) is 0.783. The predicted molar refractivity (Wildman–Crippen MR) is 49.1 cm³/mol. The molecule has 0 aliphatic rings. The average Bonchev–Trinajstić information content (AvgIpc) is 2.26. The molecule has 1 heterocycles. The maximum Gasteiger partial charge on any atom is 0.325 e. The molecule has 1 rings (SSSR count). The Balaban J connectivity index is 2.54. The molecule has 0 radical (unpaired) electrons. The molecular weight excluding hydrogens is 186 g/mol. The van der Waals surface area contributed by atoms with Crippen molar-refractivity contribution in [2.45, 2.75) is 0 Å². The summed E-state index contributed by atoms with van der Waals surface area (Å²) in [4.78, 5) is 18.5. The minimum atomic E-state index is -0.359. The van der Waals surface area contributed by atoms with Crippen LogP contribution in [0.1, 0.15) is 0 Å². The maximum absolute atomic E-state index is 10.8. The van der Waals surface area contributed by atoms with Crippen molar-refractivity contribution in [2.24, 2.45) is 0 Å². The van der Waals surface area contributed by atoms with Crippen LogP contribution in [0.5, 0.6) is 5.88 Å². The van der Waals surface area contributed by atoms with Crippen molar-refractivity contribution in [1.82, 2.24) is 9.97 Å². The van der Waals surface area contributed by atoms with Gasteiger partial charge in [-0.15, -0.1) is 0 Å². The molecule has 6 nitrogen and oxygen atoms in total. The van der Waals surface area contributed by atoms with Gasteiger partial charge < -0.3 is 14.8 Å². The third kappa shape index (κ3) is 2.89. The standard InChI is InChI=1S/C8H11N3O3/c1-13-7-3-6(10-5-11-7)9-4-8(12)14-2/h3,5H,4H2,1-2H3,(H,9,10,11). The number of nitrogens with zero attached hydrogens (tertiary/aromatic N) is 2. The third-order valence-corrected chi connectivity index (χ3v) is 1.49. The number of hydrogen-bond acceptors (Lipinski definition) is 6. The van der Waals surface area contributed by atoms with Crippen molar-refractivity contribution >= 4 is 11.8 Å². The van der Waals surface area contributed by atoms with Crippen molar-refractivity contribution in [3.8, 4) is 5.88 Å². The number of ether oxygens (including phenoxy) is 2. The topological polar surface area (TPSA) is 73.3 Å². The first-order chi connectivity index (χ1) is 6.76. The molecule has 0 fully saturated rings. The van der Waals surface area contributed by atoms with Crippen molar-refractivity contribution in [2.75, 3.05) is 26.1 Å². The molecule has 0 atom stereocenters. The molecule has 1 N–H and O–H groups in total. The van der Waals surface area contributed by atoms with E-state index >= 15 is 0 Å². The Morgan fingerprint density at radius 2 is 2.29 bits per heavy atom. The van der Waals surface area contributed by atoms with Crippen LogP contribution in [-0.2, 0) is 9.53 Å². The lowest BCUT2D eigenvalue weighted by Crippen LogP contribution is -2.15. The second-order valence-electron chi connectivity index (χ2n) is 2.38. The number of nitrogens with one attached hydrogen (secondary N) is 1. The summed E-state index contributed by atoms with van der Waals surface area (Å²) in [5.74, 6) is 0.595. The molecule has 0 saturated heterocycles. The van der Waals surface area contributed by atoms with Gasteiger partial charge >= 0.3 is 5.97 Å². The zero-order chi connectivity index (χ0) is 10.4. The van der Waals surface area contributed by atoms with Crippen LogP contribution in [0.4, 0.5) is 5.82 Å². The van der Waals surface area contributed by atoms with Crippen molar-refractivity contribution in [3.63, 3.8) is 0 Å². The molecule has 0 saturated carbocycles. The monoisotopic (exact) mass is 197 g/mol. The van der Waals surface area contributed by atoms with Gasteiger partial charge in [-0.25, -0.2) is 9.97 Å². The zero-order valence-electron chi connectivity index (χ0n) is 7.98. The second-order valence-corrected chi connectivity index (χ2v) is 2.38. The van der Waals surface area contributed by atoms with E-state index in [9.17, 15) is 4.79 Å². The highest BCUT2D eigenvalue weighted by atomic mass is 16.5. The first kappa shape index (κ1) is 10.2. The molecule has 6 heteroatoms. The normalized spacial score (nSPS) is 9.29. The van der Waals surface area contributed by atoms with E-state index in [-0.39, 0.29) is 12.5 Å². The molecule has 14 heavy (non-hydrogen) atoms. The lowest BCUT2D eigenvalue weighted by molar-refractivity contribution is -0.138. The molecular formula is C8H11N3O3. The fraction of sp³-hybridized carbons (Fsp3) is 0.375. The number of methoxy groups -OCH3 is 2. The minimum Gasteiger partial charge on any atom is -0.481 e. The maximum atomic E-state index is 10.8. The summed E-state index contributed by atoms with van der Waals surface area (Å²) < 4.78 is 9.33. The van der Waals surface area contributed by atoms with E-state index in [0.717, 1.165) is 0 Å². The molecule has 0 aliphatic carbocycles. The van der Waals surface area contributed by atoms with Gasteiger partial charge in [0.05, 0.1) is 14.2 Å². The minimum absolute atomic E-state index is 0.0661. The quantitative estimate of drug-likeness (QED) is 0.688. The van der Waals surface area contributed by atoms with E-state index in [1.165, 1.54) is 20.5 Å². The summed E-state index contributed by atoms with van der Waals surface area (Å²) in [7, 11) is 2.83. The molecule has 1 aromatic rings. The SMILES string of the molecule is COC(=O)CNc1cc(OC)ncn1. The number of rotatable bonds is 4. The van der Waals surface area contributed by atoms with E-state index in [1.807, 2.05) is 0 Å². The molecule has 0 amide bonds. The Morgan fingerprint density at radius 1 is 1.50 bits per heavy atom. The Hall–Kier alpha value is -1.85. The van der Waals surface area contributed by atoms with Gasteiger partial charge in [0.15, 0.2) is 0 Å². The number of hydrogen-bond donors (Lipinski definition) is 1. The Bertz CT molecular complexity index is 316. The highest BCUT2D eigenvalue weighted by molar-refractivity contribution is 5.74. The smallest absolute Gasteiger partial charge is 0.325 e. The van der Waals surface area contributed by atoms with Gasteiger partial charge in [-0.05, 0) is 0 Å². The summed E-state index contributed by atoms with van der Waals surface area (Å²) in [5.41, 5.74) is 0. The predicted octanol–water partition coefficient (Wildman–Crippen LogP) is 0.0701. The molecule has 0 aliphatic heterocycles. The summed E-state index contributed by atoms with van der Waals surface area (Å²) in [5, 5.41) is 2.76. The molecule has 0 unspecified atom stereocenters. The van der Waals surface area contributed by atoms with E-state index in [4.69, 9.17) is 4.74 Å². The fourth-order valence-electron chi connectivity index (χ4n) is 0.783. The highest BCUT2D eigenvalue weighted by Gasteiger charge is 2.01. The summed E-state index contributed by atoms with van der Waals surface area (Å²) in [6.45, 7) is 0.0661. The first-order valence-electron chi connectivity index (χ1n) is 3.93. The van der Waals surface area contributed by atoms with E-state index < -0.39 is 0 Å². The van der Waals surface area contributed by atoms with Crippen LogP contribution in [0.3, 0.4) is 0 Å². The summed E-state index contributed by atoms with van der Waals surface area (Å²) in [6.07, 6.45) is 1.35. The van der Waals surface area contributed by atoms with Gasteiger partial charge in [0.2, 0.25) is 5.88 Å². The summed E-state index contributed by atoms with van der Waals surface area (Å²) in [6, 6.07) is 1.59. The number of esters is 1. The number of carbonyl (C=O) groups excluding carboxylic acids is 1. The van der Waals surface area contributed by atoms with E-state index in [2.05, 4.69) is 20.0 Å². The van der Waals surface area contributed by atoms with Gasteiger partial charge in [-0.1, -0.05) is 0 Å². The van der Waals surface area contributed by atoms with E-state index in [0.29, 0.717) is 11.7 Å². The molecule has 0 aromatic carbocycles. The molecule has 0 bridgehead atoms. The van der Waals surface area contributed by atoms with Crippen molar-refractivity contribution in [3.05, 3.63) is 12.4 Å². The van der Waals surface area contributed by atoms with Crippen molar-refractivity contribution < 1.29 is 14.3 Å². The van der Waals surface area contributed by atoms with Gasteiger partial charge in [0.25, 0.3) is 0 Å². The Morgan fingerprint density at radius 3 is 2.93 bits per heavy atom. The van der Waals surface area contributed by atoms with Gasteiger partial charge in [0.1, 0.15) is 18.7 Å². The average molecular weight is 197 g/mol. The van der Waals surface area contributed by atoms with Crippen molar-refractivity contribution in [1.29, 1.82) is 0 Å². The van der Waals surface area contributed by atoms with Crippen LogP contribution in [-0.4, -0.2) is 36.7 Å². The van der Waals surface area contributed by atoms with E-state index in [1.54, 1.807) is 6.07 Å². The largest absolute Gasteiger partial charge is 0.481 e. The van der Waals surface area contributed by atoms with Crippen LogP contribution < -0.4 is 10.1 Å². The Kier molecular flexibility index (Phi) is 3.66. The van der Waals surface area contributed by atoms with Crippen LogP contribution in [0.25, 0.3) is 0 Å². The van der Waals surface area contributed by atoms with Gasteiger partial charge in [0, 0.05) is 6.07 Å². The number of carbonyl (C=O) groups is 1. The van der Waals surface area contributed by atoms with Crippen LogP contribution in [0, 0.1) is 0 Å². The van der Waals surface area contributed by atoms with Gasteiger partial charge in [-0.2, -0.15) is 0 Å².